The number of rotatable bonds is 2. The Kier molecular flexibility index (Phi) is 3.59. The van der Waals surface area contributed by atoms with Crippen LogP contribution in [0.1, 0.15) is 24.0 Å². The lowest BCUT2D eigenvalue weighted by molar-refractivity contribution is 1.06. The van der Waals surface area contributed by atoms with Crippen LogP contribution in [0.3, 0.4) is 0 Å². The summed E-state index contributed by atoms with van der Waals surface area (Å²) >= 11 is 0. The van der Waals surface area contributed by atoms with Crippen LogP contribution in [0.4, 0.5) is 0 Å². The van der Waals surface area contributed by atoms with Crippen molar-refractivity contribution in [1.82, 2.24) is 0 Å². The van der Waals surface area contributed by atoms with E-state index in [1.54, 1.807) is 0 Å². The summed E-state index contributed by atoms with van der Waals surface area (Å²) in [4.78, 5) is 0. The van der Waals surface area contributed by atoms with Crippen LogP contribution >= 0.6 is 0 Å². The summed E-state index contributed by atoms with van der Waals surface area (Å²) in [5.74, 6) is 0. The third-order valence-corrected chi connectivity index (χ3v) is 4.62. The second-order valence-corrected chi connectivity index (χ2v) is 6.23. The molecule has 1 aliphatic carbocycles. The van der Waals surface area contributed by atoms with Crippen molar-refractivity contribution in [2.75, 3.05) is 0 Å². The summed E-state index contributed by atoms with van der Waals surface area (Å²) in [7, 11) is 0. The number of hydrogen-bond acceptors (Lipinski definition) is 0. The van der Waals surface area contributed by atoms with Gasteiger partial charge in [0.2, 0.25) is 0 Å². The number of aryl methyl sites for hydroxylation is 1. The summed E-state index contributed by atoms with van der Waals surface area (Å²) in [5, 5.41) is 2.71. The molecule has 0 fully saturated rings. The Bertz CT molecular complexity index is 911. The van der Waals surface area contributed by atoms with Gasteiger partial charge in [0.15, 0.2) is 0 Å². The Morgan fingerprint density at radius 3 is 2.39 bits per heavy atom. The normalized spacial score (nSPS) is 14.0. The van der Waals surface area contributed by atoms with Gasteiger partial charge in [-0.1, -0.05) is 84.5 Å². The molecule has 0 heteroatoms. The highest BCUT2D eigenvalue weighted by atomic mass is 14.2. The van der Waals surface area contributed by atoms with Gasteiger partial charge >= 0.3 is 0 Å². The first kappa shape index (κ1) is 14.0. The minimum Gasteiger partial charge on any atom is -0.0842 e. The highest BCUT2D eigenvalue weighted by Crippen LogP contribution is 2.36. The molecule has 3 aromatic carbocycles. The molecule has 0 amide bonds. The average Bonchev–Trinajstić information content (AvgIpc) is 2.62. The van der Waals surface area contributed by atoms with E-state index in [0.29, 0.717) is 0 Å². The van der Waals surface area contributed by atoms with Crippen LogP contribution < -0.4 is 0 Å². The lowest BCUT2D eigenvalue weighted by Gasteiger charge is -2.16. The van der Waals surface area contributed by atoms with E-state index in [9.17, 15) is 0 Å². The second-order valence-electron chi connectivity index (χ2n) is 6.23. The van der Waals surface area contributed by atoms with Gasteiger partial charge in [-0.25, -0.2) is 0 Å². The maximum absolute atomic E-state index is 2.33. The second kappa shape index (κ2) is 5.89. The first-order chi connectivity index (χ1) is 11.3. The average molecular weight is 296 g/mol. The molecule has 0 bridgehead atoms. The predicted octanol–water partition coefficient (Wildman–Crippen LogP) is 6.55. The molecule has 0 N–H and O–H groups in total. The van der Waals surface area contributed by atoms with Gasteiger partial charge in [-0.3, -0.25) is 0 Å². The monoisotopic (exact) mass is 296 g/mol. The maximum atomic E-state index is 2.33. The van der Waals surface area contributed by atoms with E-state index in [1.807, 2.05) is 0 Å². The zero-order valence-corrected chi connectivity index (χ0v) is 13.4. The third-order valence-electron chi connectivity index (χ3n) is 4.62. The van der Waals surface area contributed by atoms with Gasteiger partial charge in [-0.05, 0) is 52.8 Å². The topological polar surface area (TPSA) is 0 Å². The molecule has 0 atom stereocenters. The van der Waals surface area contributed by atoms with Crippen molar-refractivity contribution < 1.29 is 0 Å². The van der Waals surface area contributed by atoms with Crippen LogP contribution in [0.25, 0.3) is 27.5 Å². The fourth-order valence-electron chi connectivity index (χ4n) is 3.44. The maximum Gasteiger partial charge on any atom is -0.00991 e. The van der Waals surface area contributed by atoms with Crippen molar-refractivity contribution >= 4 is 16.3 Å². The lowest BCUT2D eigenvalue weighted by atomic mass is 9.88. The summed E-state index contributed by atoms with van der Waals surface area (Å²) in [6.07, 6.45) is 8.97. The number of allylic oxidation sites excluding steroid dienone is 4. The zero-order valence-electron chi connectivity index (χ0n) is 13.4. The molecule has 1 aliphatic rings. The van der Waals surface area contributed by atoms with E-state index in [1.165, 1.54) is 38.6 Å². The highest BCUT2D eigenvalue weighted by molar-refractivity contribution is 6.03. The first-order valence-corrected chi connectivity index (χ1v) is 8.28. The Balaban J connectivity index is 1.99. The molecule has 3 aromatic rings. The molecule has 0 aliphatic heterocycles. The van der Waals surface area contributed by atoms with E-state index in [4.69, 9.17) is 0 Å². The van der Waals surface area contributed by atoms with Crippen LogP contribution in [0.5, 0.6) is 0 Å². The molecule has 0 aromatic heterocycles. The van der Waals surface area contributed by atoms with Crippen molar-refractivity contribution in [2.24, 2.45) is 0 Å². The van der Waals surface area contributed by atoms with Gasteiger partial charge in [-0.2, -0.15) is 0 Å². The molecule has 0 spiro atoms. The number of benzene rings is 3. The summed E-state index contributed by atoms with van der Waals surface area (Å²) in [5.41, 5.74) is 6.74. The van der Waals surface area contributed by atoms with Gasteiger partial charge in [0, 0.05) is 0 Å². The summed E-state index contributed by atoms with van der Waals surface area (Å²) < 4.78 is 0. The van der Waals surface area contributed by atoms with Gasteiger partial charge in [0.05, 0.1) is 0 Å². The SMILES string of the molecule is Cc1ccc2c(-c3ccccc3)ccc(C3=CC=CCC3)c2c1. The first-order valence-electron chi connectivity index (χ1n) is 8.28. The quantitative estimate of drug-likeness (QED) is 0.503. The van der Waals surface area contributed by atoms with Gasteiger partial charge in [-0.15, -0.1) is 0 Å². The number of hydrogen-bond donors (Lipinski definition) is 0. The molecule has 0 heterocycles. The smallest absolute Gasteiger partial charge is 0.00991 e. The molecule has 4 rings (SSSR count). The highest BCUT2D eigenvalue weighted by Gasteiger charge is 2.11. The summed E-state index contributed by atoms with van der Waals surface area (Å²) in [6, 6.07) is 22.1. The Labute approximate surface area is 137 Å². The molecular weight excluding hydrogens is 276 g/mol. The molecular formula is C23H20. The molecule has 23 heavy (non-hydrogen) atoms. The van der Waals surface area contributed by atoms with Crippen molar-refractivity contribution in [2.45, 2.75) is 19.8 Å². The lowest BCUT2D eigenvalue weighted by Crippen LogP contribution is -1.92. The Morgan fingerprint density at radius 2 is 1.61 bits per heavy atom. The largest absolute Gasteiger partial charge is 0.0842 e. The van der Waals surface area contributed by atoms with Crippen LogP contribution in [0, 0.1) is 6.92 Å². The molecule has 0 radical (unpaired) electrons. The minimum absolute atomic E-state index is 1.13. The Hall–Kier alpha value is -2.60. The van der Waals surface area contributed by atoms with E-state index < -0.39 is 0 Å². The van der Waals surface area contributed by atoms with Gasteiger partial charge < -0.3 is 0 Å². The van der Waals surface area contributed by atoms with Crippen LogP contribution in [0.2, 0.25) is 0 Å². The zero-order chi connectivity index (χ0) is 15.6. The van der Waals surface area contributed by atoms with Crippen molar-refractivity contribution in [3.8, 4) is 11.1 Å². The van der Waals surface area contributed by atoms with E-state index >= 15 is 0 Å². The third kappa shape index (κ3) is 2.61. The van der Waals surface area contributed by atoms with Gasteiger partial charge in [0.1, 0.15) is 0 Å². The van der Waals surface area contributed by atoms with E-state index in [-0.39, 0.29) is 0 Å². The molecule has 0 nitrogen and oxygen atoms in total. The van der Waals surface area contributed by atoms with Gasteiger partial charge in [0.25, 0.3) is 0 Å². The van der Waals surface area contributed by atoms with Crippen molar-refractivity contribution in [3.05, 3.63) is 90.0 Å². The van der Waals surface area contributed by atoms with Crippen LogP contribution in [-0.2, 0) is 0 Å². The predicted molar refractivity (Wildman–Crippen MR) is 100 cm³/mol. The minimum atomic E-state index is 1.13. The molecule has 0 saturated heterocycles. The number of fused-ring (bicyclic) bond motifs is 1. The molecule has 112 valence electrons. The fraction of sp³-hybridized carbons (Fsp3) is 0.130. The van der Waals surface area contributed by atoms with Crippen LogP contribution in [-0.4, -0.2) is 0 Å². The van der Waals surface area contributed by atoms with Crippen molar-refractivity contribution in [3.63, 3.8) is 0 Å². The summed E-state index contributed by atoms with van der Waals surface area (Å²) in [6.45, 7) is 2.17. The van der Waals surface area contributed by atoms with Crippen LogP contribution in [0.15, 0.2) is 78.9 Å². The fourth-order valence-corrected chi connectivity index (χ4v) is 3.44. The van der Waals surface area contributed by atoms with E-state index in [2.05, 4.69) is 85.8 Å². The Morgan fingerprint density at radius 1 is 0.783 bits per heavy atom. The van der Waals surface area contributed by atoms with E-state index in [0.717, 1.165) is 12.8 Å². The molecule has 0 unspecified atom stereocenters. The molecule has 0 saturated carbocycles. The standard InChI is InChI=1S/C23H20/c1-17-12-13-22-20(18-8-4-2-5-9-18)14-15-21(23(22)16-17)19-10-6-3-7-11-19/h2-6,8-10,12-16H,7,11H2,1H3. The van der Waals surface area contributed by atoms with Crippen molar-refractivity contribution in [1.29, 1.82) is 0 Å².